The minimum absolute atomic E-state index is 0.0512. The van der Waals surface area contributed by atoms with Gasteiger partial charge in [0, 0.05) is 6.42 Å². The first kappa shape index (κ1) is 16.0. The van der Waals surface area contributed by atoms with Crippen LogP contribution in [0.15, 0.2) is 0 Å². The fraction of sp³-hybridized carbons (Fsp3) is 0.750. The Balaban J connectivity index is 2.14. The molecule has 2 aliphatic heterocycles. The third kappa shape index (κ3) is 3.12. The van der Waals surface area contributed by atoms with E-state index >= 15 is 0 Å². The van der Waals surface area contributed by atoms with Crippen molar-refractivity contribution >= 4 is 29.4 Å². The van der Waals surface area contributed by atoms with Crippen molar-refractivity contribution in [1.29, 1.82) is 0 Å². The SMILES string of the molecule is C[C@H]1O[C@@H](N2CC(C)(NC(=O)CCl)C(=O)NC2=O)C[C@@H]1O. The Morgan fingerprint density at radius 1 is 1.62 bits per heavy atom. The molecule has 118 valence electrons. The second-order valence-corrected chi connectivity index (χ2v) is 5.77. The number of alkyl halides is 1. The fourth-order valence-corrected chi connectivity index (χ4v) is 2.52. The van der Waals surface area contributed by atoms with Crippen LogP contribution in [0.2, 0.25) is 0 Å². The van der Waals surface area contributed by atoms with Gasteiger partial charge in [-0.3, -0.25) is 19.8 Å². The van der Waals surface area contributed by atoms with Gasteiger partial charge in [0.1, 0.15) is 17.6 Å². The minimum atomic E-state index is -1.29. The van der Waals surface area contributed by atoms with Crippen molar-refractivity contribution < 1.29 is 24.2 Å². The van der Waals surface area contributed by atoms with Crippen LogP contribution in [0.4, 0.5) is 4.79 Å². The summed E-state index contributed by atoms with van der Waals surface area (Å²) in [5.41, 5.74) is -1.29. The van der Waals surface area contributed by atoms with Gasteiger partial charge in [0.25, 0.3) is 5.91 Å². The molecular formula is C12H18ClN3O5. The predicted molar refractivity (Wildman–Crippen MR) is 72.5 cm³/mol. The van der Waals surface area contributed by atoms with E-state index in [9.17, 15) is 19.5 Å². The Hall–Kier alpha value is -1.38. The molecule has 4 amide bonds. The maximum Gasteiger partial charge on any atom is 0.326 e. The van der Waals surface area contributed by atoms with E-state index in [1.165, 1.54) is 11.8 Å². The summed E-state index contributed by atoms with van der Waals surface area (Å²) in [4.78, 5) is 36.6. The first-order chi connectivity index (χ1) is 9.76. The molecule has 0 aliphatic carbocycles. The van der Waals surface area contributed by atoms with E-state index in [1.54, 1.807) is 6.92 Å². The van der Waals surface area contributed by atoms with Crippen LogP contribution in [0.25, 0.3) is 0 Å². The van der Waals surface area contributed by atoms with Crippen molar-refractivity contribution in [3.05, 3.63) is 0 Å². The average Bonchev–Trinajstić information content (AvgIpc) is 2.74. The van der Waals surface area contributed by atoms with Crippen molar-refractivity contribution in [3.8, 4) is 0 Å². The molecule has 4 atom stereocenters. The maximum absolute atomic E-state index is 12.0. The van der Waals surface area contributed by atoms with Crippen LogP contribution in [-0.4, -0.2) is 64.3 Å². The molecule has 0 radical (unpaired) electrons. The number of hydrogen-bond acceptors (Lipinski definition) is 5. The Kier molecular flexibility index (Phi) is 4.40. The zero-order valence-corrected chi connectivity index (χ0v) is 12.5. The van der Waals surface area contributed by atoms with Crippen molar-refractivity contribution in [2.45, 2.75) is 44.2 Å². The third-order valence-corrected chi connectivity index (χ3v) is 3.95. The summed E-state index contributed by atoms with van der Waals surface area (Å²) in [6.07, 6.45) is -1.47. The van der Waals surface area contributed by atoms with Crippen LogP contribution in [0, 0.1) is 0 Å². The lowest BCUT2D eigenvalue weighted by molar-refractivity contribution is -0.136. The summed E-state index contributed by atoms with van der Waals surface area (Å²) in [6.45, 7) is 3.15. The second kappa shape index (κ2) is 5.78. The zero-order valence-electron chi connectivity index (χ0n) is 11.8. The highest BCUT2D eigenvalue weighted by Gasteiger charge is 2.48. The lowest BCUT2D eigenvalue weighted by atomic mass is 9.97. The molecule has 1 unspecified atom stereocenters. The minimum Gasteiger partial charge on any atom is -0.390 e. The van der Waals surface area contributed by atoms with Gasteiger partial charge in [-0.05, 0) is 13.8 Å². The third-order valence-electron chi connectivity index (χ3n) is 3.71. The first-order valence-corrected chi connectivity index (χ1v) is 7.13. The number of imide groups is 1. The number of hydrogen-bond donors (Lipinski definition) is 3. The van der Waals surface area contributed by atoms with Crippen LogP contribution in [0.1, 0.15) is 20.3 Å². The lowest BCUT2D eigenvalue weighted by Gasteiger charge is -2.41. The highest BCUT2D eigenvalue weighted by Crippen LogP contribution is 2.26. The number of aliphatic hydroxyl groups excluding tert-OH is 1. The van der Waals surface area contributed by atoms with Gasteiger partial charge in [-0.2, -0.15) is 0 Å². The number of carbonyl (C=O) groups is 3. The van der Waals surface area contributed by atoms with Crippen LogP contribution in [0.5, 0.6) is 0 Å². The van der Waals surface area contributed by atoms with E-state index in [0.717, 1.165) is 0 Å². The summed E-state index contributed by atoms with van der Waals surface area (Å²) in [5, 5.41) is 14.4. The van der Waals surface area contributed by atoms with Gasteiger partial charge in [0.2, 0.25) is 5.91 Å². The molecule has 0 aromatic carbocycles. The van der Waals surface area contributed by atoms with Gasteiger partial charge in [0.05, 0.1) is 18.8 Å². The molecule has 0 spiro atoms. The summed E-state index contributed by atoms with van der Waals surface area (Å²) >= 11 is 5.43. The quantitative estimate of drug-likeness (QED) is 0.587. The molecule has 2 aliphatic rings. The Labute approximate surface area is 126 Å². The number of amides is 4. The lowest BCUT2D eigenvalue weighted by Crippen LogP contribution is -2.71. The van der Waals surface area contributed by atoms with Gasteiger partial charge >= 0.3 is 6.03 Å². The number of nitrogens with zero attached hydrogens (tertiary/aromatic N) is 1. The predicted octanol–water partition coefficient (Wildman–Crippen LogP) is -0.852. The van der Waals surface area contributed by atoms with E-state index in [1.807, 2.05) is 0 Å². The van der Waals surface area contributed by atoms with Gasteiger partial charge in [-0.15, -0.1) is 11.6 Å². The van der Waals surface area contributed by atoms with Crippen molar-refractivity contribution in [3.63, 3.8) is 0 Å². The molecular weight excluding hydrogens is 302 g/mol. The van der Waals surface area contributed by atoms with E-state index in [0.29, 0.717) is 0 Å². The monoisotopic (exact) mass is 319 g/mol. The van der Waals surface area contributed by atoms with Crippen molar-refractivity contribution in [2.24, 2.45) is 0 Å². The van der Waals surface area contributed by atoms with Crippen LogP contribution in [-0.2, 0) is 14.3 Å². The number of urea groups is 1. The molecule has 2 saturated heterocycles. The number of ether oxygens (including phenoxy) is 1. The van der Waals surface area contributed by atoms with Gasteiger partial charge in [0.15, 0.2) is 0 Å². The molecule has 2 rings (SSSR count). The molecule has 8 nitrogen and oxygen atoms in total. The number of rotatable bonds is 3. The fourth-order valence-electron chi connectivity index (χ4n) is 2.45. The van der Waals surface area contributed by atoms with E-state index < -0.39 is 41.8 Å². The maximum atomic E-state index is 12.0. The van der Waals surface area contributed by atoms with Gasteiger partial charge in [-0.1, -0.05) is 0 Å². The Morgan fingerprint density at radius 3 is 2.81 bits per heavy atom. The topological polar surface area (TPSA) is 108 Å². The normalized spacial score (nSPS) is 36.6. The zero-order chi connectivity index (χ0) is 15.8. The first-order valence-electron chi connectivity index (χ1n) is 6.59. The van der Waals surface area contributed by atoms with Crippen LogP contribution < -0.4 is 10.6 Å². The van der Waals surface area contributed by atoms with Crippen LogP contribution in [0.3, 0.4) is 0 Å². The number of carbonyl (C=O) groups excluding carboxylic acids is 3. The highest BCUT2D eigenvalue weighted by molar-refractivity contribution is 6.27. The summed E-state index contributed by atoms with van der Waals surface area (Å²) < 4.78 is 5.51. The van der Waals surface area contributed by atoms with Crippen molar-refractivity contribution in [1.82, 2.24) is 15.5 Å². The Bertz CT molecular complexity index is 464. The largest absolute Gasteiger partial charge is 0.390 e. The number of nitrogens with one attached hydrogen (secondary N) is 2. The molecule has 0 bridgehead atoms. The van der Waals surface area contributed by atoms with E-state index in [2.05, 4.69) is 10.6 Å². The smallest absolute Gasteiger partial charge is 0.326 e. The van der Waals surface area contributed by atoms with Crippen molar-refractivity contribution in [2.75, 3.05) is 12.4 Å². The molecule has 9 heteroatoms. The molecule has 2 heterocycles. The summed E-state index contributed by atoms with van der Waals surface area (Å²) in [6, 6.07) is -0.608. The standard InChI is InChI=1S/C12H18ClN3O5/c1-6-7(17)3-9(21-6)16-5-12(2,15-8(18)4-13)10(19)14-11(16)20/h6-7,9,17H,3-5H2,1-2H3,(H,15,18)(H,14,19,20)/t6-,7+,9-,12?/m1/s1. The van der Waals surface area contributed by atoms with E-state index in [-0.39, 0.29) is 18.8 Å². The molecule has 0 saturated carbocycles. The summed E-state index contributed by atoms with van der Waals surface area (Å²) in [5.74, 6) is -1.40. The average molecular weight is 320 g/mol. The van der Waals surface area contributed by atoms with Gasteiger partial charge < -0.3 is 15.2 Å². The Morgan fingerprint density at radius 2 is 2.29 bits per heavy atom. The number of aliphatic hydroxyl groups is 1. The number of halogens is 1. The van der Waals surface area contributed by atoms with Crippen LogP contribution >= 0.6 is 11.6 Å². The molecule has 0 aromatic rings. The second-order valence-electron chi connectivity index (χ2n) is 5.50. The molecule has 21 heavy (non-hydrogen) atoms. The molecule has 0 aromatic heterocycles. The molecule has 3 N–H and O–H groups in total. The molecule has 2 fully saturated rings. The van der Waals surface area contributed by atoms with E-state index in [4.69, 9.17) is 16.3 Å². The summed E-state index contributed by atoms with van der Waals surface area (Å²) in [7, 11) is 0. The highest BCUT2D eigenvalue weighted by atomic mass is 35.5. The van der Waals surface area contributed by atoms with Gasteiger partial charge in [-0.25, -0.2) is 4.79 Å².